The first kappa shape index (κ1) is 18.7. The van der Waals surface area contributed by atoms with Crippen LogP contribution in [0.5, 0.6) is 0 Å². The maximum absolute atomic E-state index is 13.2. The number of halogens is 3. The van der Waals surface area contributed by atoms with E-state index in [1.54, 1.807) is 17.2 Å². The summed E-state index contributed by atoms with van der Waals surface area (Å²) in [7, 11) is 0. The Labute approximate surface area is 163 Å². The molecule has 1 amide bonds. The van der Waals surface area contributed by atoms with Crippen molar-refractivity contribution in [3.8, 4) is 11.3 Å². The molecule has 2 aromatic heterocycles. The summed E-state index contributed by atoms with van der Waals surface area (Å²) in [6, 6.07) is 4.80. The van der Waals surface area contributed by atoms with Crippen LogP contribution >= 0.6 is 11.3 Å². The van der Waals surface area contributed by atoms with E-state index in [2.05, 4.69) is 15.2 Å². The molecule has 28 heavy (non-hydrogen) atoms. The van der Waals surface area contributed by atoms with Gasteiger partial charge in [0.05, 0.1) is 22.3 Å². The fourth-order valence-electron chi connectivity index (χ4n) is 3.65. The zero-order chi connectivity index (χ0) is 19.9. The number of aromatic amines is 1. The zero-order valence-electron chi connectivity index (χ0n) is 15.0. The van der Waals surface area contributed by atoms with Gasteiger partial charge in [0.15, 0.2) is 0 Å². The van der Waals surface area contributed by atoms with Crippen LogP contribution in [0.15, 0.2) is 35.8 Å². The van der Waals surface area contributed by atoms with Gasteiger partial charge in [-0.15, -0.1) is 11.3 Å². The van der Waals surface area contributed by atoms with Crippen LogP contribution in [0.4, 0.5) is 13.2 Å². The number of thiazole rings is 1. The normalized spacial score (nSPS) is 16.9. The van der Waals surface area contributed by atoms with E-state index >= 15 is 0 Å². The van der Waals surface area contributed by atoms with Gasteiger partial charge in [-0.25, -0.2) is 4.98 Å². The Morgan fingerprint density at radius 1 is 1.39 bits per heavy atom. The van der Waals surface area contributed by atoms with E-state index < -0.39 is 11.7 Å². The summed E-state index contributed by atoms with van der Waals surface area (Å²) < 4.78 is 39.5. The first-order chi connectivity index (χ1) is 13.3. The second kappa shape index (κ2) is 7.05. The molecule has 0 radical (unpaired) electrons. The molecule has 5 nitrogen and oxygen atoms in total. The minimum absolute atomic E-state index is 0.0802. The van der Waals surface area contributed by atoms with Crippen molar-refractivity contribution in [2.75, 3.05) is 6.54 Å². The molecule has 1 aliphatic rings. The third-order valence-corrected chi connectivity index (χ3v) is 5.72. The molecule has 0 spiro atoms. The molecule has 1 N–H and O–H groups in total. The number of alkyl halides is 3. The Balaban J connectivity index is 1.81. The summed E-state index contributed by atoms with van der Waals surface area (Å²) in [6.07, 6.45) is -1.66. The average molecular weight is 406 g/mol. The van der Waals surface area contributed by atoms with Gasteiger partial charge in [-0.1, -0.05) is 12.1 Å². The maximum atomic E-state index is 13.2. The summed E-state index contributed by atoms with van der Waals surface area (Å²) in [6.45, 7) is 2.03. The van der Waals surface area contributed by atoms with Crippen molar-refractivity contribution in [2.45, 2.75) is 32.0 Å². The molecule has 0 saturated carbocycles. The molecule has 4 rings (SSSR count). The average Bonchev–Trinajstić information content (AvgIpc) is 3.30. The number of hydrogen-bond donors (Lipinski definition) is 1. The second-order valence-corrected chi connectivity index (χ2v) is 7.63. The third-order valence-electron chi connectivity index (χ3n) is 4.91. The van der Waals surface area contributed by atoms with Crippen LogP contribution in [0.1, 0.15) is 34.8 Å². The van der Waals surface area contributed by atoms with E-state index in [9.17, 15) is 18.0 Å². The van der Waals surface area contributed by atoms with E-state index in [4.69, 9.17) is 0 Å². The van der Waals surface area contributed by atoms with Crippen molar-refractivity contribution in [1.82, 2.24) is 20.1 Å². The van der Waals surface area contributed by atoms with Gasteiger partial charge in [0.2, 0.25) is 5.91 Å². The van der Waals surface area contributed by atoms with Crippen molar-refractivity contribution in [3.63, 3.8) is 0 Å². The molecule has 1 unspecified atom stereocenters. The number of carbonyl (C=O) groups excluding carboxylic acids is 1. The van der Waals surface area contributed by atoms with Gasteiger partial charge in [0, 0.05) is 54.7 Å². The molecule has 3 aromatic rings. The molecular weight excluding hydrogens is 389 g/mol. The SMILES string of the molecule is CC(=O)N1CCc2[nH]nc(-c3cccc(C(F)(F)F)c3)c2C1Cc1nccs1. The summed E-state index contributed by atoms with van der Waals surface area (Å²) in [5.41, 5.74) is 1.73. The maximum Gasteiger partial charge on any atom is 0.416 e. The van der Waals surface area contributed by atoms with Crippen molar-refractivity contribution in [3.05, 3.63) is 57.7 Å². The predicted molar refractivity (Wildman–Crippen MR) is 98.7 cm³/mol. The van der Waals surface area contributed by atoms with Gasteiger partial charge in [-0.3, -0.25) is 9.89 Å². The molecule has 0 fully saturated rings. The highest BCUT2D eigenvalue weighted by molar-refractivity contribution is 7.09. The second-order valence-electron chi connectivity index (χ2n) is 6.65. The summed E-state index contributed by atoms with van der Waals surface area (Å²) in [5.74, 6) is -0.0802. The number of H-pyrrole nitrogens is 1. The number of hydrogen-bond acceptors (Lipinski definition) is 4. The van der Waals surface area contributed by atoms with Crippen molar-refractivity contribution >= 4 is 17.2 Å². The van der Waals surface area contributed by atoms with Gasteiger partial charge in [-0.05, 0) is 12.1 Å². The largest absolute Gasteiger partial charge is 0.416 e. The van der Waals surface area contributed by atoms with Crippen LogP contribution < -0.4 is 0 Å². The van der Waals surface area contributed by atoms with Crippen LogP contribution in [-0.2, 0) is 23.8 Å². The van der Waals surface area contributed by atoms with Crippen LogP contribution in [0.3, 0.4) is 0 Å². The molecule has 0 bridgehead atoms. The Morgan fingerprint density at radius 2 is 2.21 bits per heavy atom. The lowest BCUT2D eigenvalue weighted by atomic mass is 9.91. The lowest BCUT2D eigenvalue weighted by molar-refractivity contribution is -0.137. The predicted octanol–water partition coefficient (Wildman–Crippen LogP) is 4.24. The fraction of sp³-hybridized carbons (Fsp3) is 0.316. The van der Waals surface area contributed by atoms with Gasteiger partial charge in [0.1, 0.15) is 0 Å². The van der Waals surface area contributed by atoms with Crippen LogP contribution in [0, 0.1) is 0 Å². The lowest BCUT2D eigenvalue weighted by Crippen LogP contribution is -2.39. The van der Waals surface area contributed by atoms with Crippen molar-refractivity contribution in [2.24, 2.45) is 0 Å². The number of nitrogens with zero attached hydrogens (tertiary/aromatic N) is 3. The highest BCUT2D eigenvalue weighted by Gasteiger charge is 2.35. The van der Waals surface area contributed by atoms with E-state index in [1.807, 2.05) is 5.38 Å². The first-order valence-corrected chi connectivity index (χ1v) is 9.63. The molecule has 1 atom stereocenters. The molecule has 9 heteroatoms. The van der Waals surface area contributed by atoms with Gasteiger partial charge in [-0.2, -0.15) is 18.3 Å². The topological polar surface area (TPSA) is 61.9 Å². The minimum Gasteiger partial charge on any atom is -0.335 e. The Hall–Kier alpha value is -2.68. The Morgan fingerprint density at radius 3 is 2.89 bits per heavy atom. The number of rotatable bonds is 3. The standard InChI is InChI=1S/C19H17F3N4OS/c1-11(27)26-7-5-14-17(15(26)10-16-23-6-8-28-16)18(25-24-14)12-3-2-4-13(9-12)19(20,21)22/h2-4,6,8-9,15H,5,7,10H2,1H3,(H,24,25). The van der Waals surface area contributed by atoms with Crippen LogP contribution in [0.2, 0.25) is 0 Å². The Bertz CT molecular complexity index is 997. The smallest absolute Gasteiger partial charge is 0.335 e. The first-order valence-electron chi connectivity index (χ1n) is 8.75. The molecule has 3 heterocycles. The molecule has 0 saturated heterocycles. The van der Waals surface area contributed by atoms with Crippen LogP contribution in [0.25, 0.3) is 11.3 Å². The lowest BCUT2D eigenvalue weighted by Gasteiger charge is -2.35. The van der Waals surface area contributed by atoms with E-state index in [0.717, 1.165) is 28.4 Å². The number of aromatic nitrogens is 3. The van der Waals surface area contributed by atoms with Gasteiger partial charge < -0.3 is 4.90 Å². The van der Waals surface area contributed by atoms with Gasteiger partial charge in [0.25, 0.3) is 0 Å². The summed E-state index contributed by atoms with van der Waals surface area (Å²) in [5, 5.41) is 10.0. The van der Waals surface area contributed by atoms with E-state index in [1.165, 1.54) is 24.3 Å². The highest BCUT2D eigenvalue weighted by atomic mass is 32.1. The van der Waals surface area contributed by atoms with Gasteiger partial charge >= 0.3 is 6.18 Å². The number of carbonyl (C=O) groups is 1. The van der Waals surface area contributed by atoms with E-state index in [0.29, 0.717) is 30.6 Å². The fourth-order valence-corrected chi connectivity index (χ4v) is 4.31. The molecule has 1 aliphatic heterocycles. The Kier molecular flexibility index (Phi) is 4.70. The zero-order valence-corrected chi connectivity index (χ0v) is 15.8. The monoisotopic (exact) mass is 406 g/mol. The summed E-state index contributed by atoms with van der Waals surface area (Å²) >= 11 is 1.49. The van der Waals surface area contributed by atoms with Crippen LogP contribution in [-0.4, -0.2) is 32.5 Å². The third kappa shape index (κ3) is 3.42. The molecule has 1 aromatic carbocycles. The summed E-state index contributed by atoms with van der Waals surface area (Å²) in [4.78, 5) is 18.3. The number of benzene rings is 1. The number of fused-ring (bicyclic) bond motifs is 1. The molecule has 146 valence electrons. The van der Waals surface area contributed by atoms with Crippen molar-refractivity contribution in [1.29, 1.82) is 0 Å². The number of amides is 1. The minimum atomic E-state index is -4.43. The van der Waals surface area contributed by atoms with Crippen molar-refractivity contribution < 1.29 is 18.0 Å². The van der Waals surface area contributed by atoms with E-state index in [-0.39, 0.29) is 11.9 Å². The molecular formula is C19H17F3N4OS. The molecule has 0 aliphatic carbocycles. The highest BCUT2D eigenvalue weighted by Crippen LogP contribution is 2.39. The number of nitrogens with one attached hydrogen (secondary N) is 1. The quantitative estimate of drug-likeness (QED) is 0.708.